The topological polar surface area (TPSA) is 38.8 Å². The van der Waals surface area contributed by atoms with Crippen molar-refractivity contribution in [1.29, 1.82) is 0 Å². The Morgan fingerprint density at radius 1 is 1.11 bits per heavy atom. The molecule has 0 aliphatic carbocycles. The van der Waals surface area contributed by atoms with Crippen LogP contribution in [0.3, 0.4) is 0 Å². The molecule has 8 heteroatoms. The van der Waals surface area contributed by atoms with Crippen LogP contribution in [0.5, 0.6) is 0 Å². The van der Waals surface area contributed by atoms with Crippen LogP contribution in [-0.4, -0.2) is 44.3 Å². The van der Waals surface area contributed by atoms with Crippen molar-refractivity contribution in [2.24, 2.45) is 0 Å². The highest BCUT2D eigenvalue weighted by molar-refractivity contribution is 9.10. The maximum Gasteiger partial charge on any atom is 0.201 e. The van der Waals surface area contributed by atoms with E-state index in [9.17, 15) is 4.79 Å². The molecule has 35 heavy (non-hydrogen) atoms. The van der Waals surface area contributed by atoms with Gasteiger partial charge in [0.2, 0.25) is 5.88 Å². The molecule has 1 fully saturated rings. The van der Waals surface area contributed by atoms with Crippen molar-refractivity contribution < 1.29 is 14.0 Å². The van der Waals surface area contributed by atoms with E-state index in [1.807, 2.05) is 12.1 Å². The van der Waals surface area contributed by atoms with E-state index in [0.717, 1.165) is 10.0 Å². The molecule has 4 rings (SSSR count). The third kappa shape index (κ3) is 4.97. The lowest BCUT2D eigenvalue weighted by molar-refractivity contribution is -0.121. The first-order valence-corrected chi connectivity index (χ1v) is 16.2. The molecule has 2 aliphatic rings. The predicted molar refractivity (Wildman–Crippen MR) is 149 cm³/mol. The molecule has 0 radical (unpaired) electrons. The number of nitrogens with zero attached hydrogens (tertiary/aromatic N) is 1. The number of benzene rings is 2. The van der Waals surface area contributed by atoms with Crippen LogP contribution in [0.1, 0.15) is 38.3 Å². The van der Waals surface area contributed by atoms with E-state index < -0.39 is 13.9 Å². The molecule has 0 spiro atoms. The van der Waals surface area contributed by atoms with Gasteiger partial charge >= 0.3 is 0 Å². The van der Waals surface area contributed by atoms with Crippen LogP contribution in [0.4, 0.5) is 0 Å². The predicted octanol–water partition coefficient (Wildman–Crippen LogP) is 7.73. The number of carbonyl (C=O) groups excluding carboxylic acids is 1. The molecule has 2 aromatic carbocycles. The van der Waals surface area contributed by atoms with Gasteiger partial charge in [0.05, 0.1) is 18.8 Å². The van der Waals surface area contributed by atoms with Gasteiger partial charge in [0.15, 0.2) is 14.1 Å². The molecule has 2 atom stereocenters. The molecule has 2 aromatic rings. The fourth-order valence-electron chi connectivity index (χ4n) is 4.91. The summed E-state index contributed by atoms with van der Waals surface area (Å²) in [5, 5.41) is 1.04. The first kappa shape index (κ1) is 26.7. The fraction of sp³-hybridized carbons (Fsp3) is 0.444. The average Bonchev–Trinajstić information content (AvgIpc) is 3.19. The van der Waals surface area contributed by atoms with Crippen LogP contribution >= 0.6 is 39.1 Å². The van der Waals surface area contributed by atoms with E-state index in [4.69, 9.17) is 32.4 Å². The highest BCUT2D eigenvalue weighted by Crippen LogP contribution is 2.50. The second kappa shape index (κ2) is 9.53. The number of fused-ring (bicyclic) bond motifs is 1. The molecule has 0 unspecified atom stereocenters. The number of halogens is 3. The van der Waals surface area contributed by atoms with Crippen LogP contribution in [0.25, 0.3) is 5.57 Å². The lowest BCUT2D eigenvalue weighted by Gasteiger charge is -2.38. The highest BCUT2D eigenvalue weighted by Gasteiger charge is 2.60. The highest BCUT2D eigenvalue weighted by atomic mass is 79.9. The summed E-state index contributed by atoms with van der Waals surface area (Å²) in [4.78, 5) is 16.5. The minimum Gasteiger partial charge on any atom is -0.482 e. The van der Waals surface area contributed by atoms with Gasteiger partial charge in [-0.25, -0.2) is 0 Å². The first-order valence-electron chi connectivity index (χ1n) is 11.8. The van der Waals surface area contributed by atoms with Gasteiger partial charge in [0, 0.05) is 33.9 Å². The van der Waals surface area contributed by atoms with Crippen molar-refractivity contribution in [3.05, 3.63) is 74.0 Å². The average molecular weight is 597 g/mol. The number of Topliss-reactive ketones (excluding diaryl/α,β-unsaturated/α-hetero) is 1. The molecule has 1 saturated heterocycles. The number of ether oxygens (including phenoxy) is 1. The zero-order valence-corrected chi connectivity index (χ0v) is 25.1. The smallest absolute Gasteiger partial charge is 0.201 e. The number of ketones is 1. The van der Waals surface area contributed by atoms with E-state index in [-0.39, 0.29) is 16.9 Å². The van der Waals surface area contributed by atoms with E-state index in [1.54, 1.807) is 25.3 Å². The van der Waals surface area contributed by atoms with Gasteiger partial charge < -0.3 is 14.1 Å². The van der Waals surface area contributed by atoms with Gasteiger partial charge in [0.1, 0.15) is 5.54 Å². The molecule has 4 nitrogen and oxygen atoms in total. The van der Waals surface area contributed by atoms with Crippen molar-refractivity contribution in [3.63, 3.8) is 0 Å². The Morgan fingerprint density at radius 3 is 2.26 bits per heavy atom. The van der Waals surface area contributed by atoms with Gasteiger partial charge in [0.25, 0.3) is 0 Å². The Hall–Kier alpha value is -1.31. The molecule has 0 saturated carbocycles. The van der Waals surface area contributed by atoms with Crippen molar-refractivity contribution in [2.75, 3.05) is 13.7 Å². The normalized spacial score (nSPS) is 22.7. The molecule has 2 heterocycles. The van der Waals surface area contributed by atoms with Gasteiger partial charge in [-0.2, -0.15) is 0 Å². The Bertz CT molecular complexity index is 1160. The van der Waals surface area contributed by atoms with Crippen molar-refractivity contribution in [3.8, 4) is 0 Å². The number of hydrogen-bond donors (Lipinski definition) is 0. The summed E-state index contributed by atoms with van der Waals surface area (Å²) in [6, 6.07) is 13.4. The number of carbonyl (C=O) groups is 1. The van der Waals surface area contributed by atoms with Crippen LogP contribution in [0.15, 0.2) is 52.8 Å². The van der Waals surface area contributed by atoms with Crippen LogP contribution in [0.2, 0.25) is 28.2 Å². The van der Waals surface area contributed by atoms with Crippen LogP contribution in [0, 0.1) is 0 Å². The molecule has 0 amide bonds. The number of hydrogen-bond acceptors (Lipinski definition) is 4. The van der Waals surface area contributed by atoms with E-state index >= 15 is 0 Å². The van der Waals surface area contributed by atoms with E-state index in [2.05, 4.69) is 66.8 Å². The second-order valence-corrected chi connectivity index (χ2v) is 17.6. The molecule has 0 bridgehead atoms. The third-order valence-corrected chi connectivity index (χ3v) is 13.1. The minimum atomic E-state index is -2.04. The fourth-order valence-corrected chi connectivity index (χ4v) is 7.05. The zero-order chi connectivity index (χ0) is 25.8. The maximum atomic E-state index is 14.4. The Kier molecular flexibility index (Phi) is 7.28. The van der Waals surface area contributed by atoms with Gasteiger partial charge in [-0.05, 0) is 59.6 Å². The molecule has 0 aromatic heterocycles. The molecule has 188 valence electrons. The SMILES string of the molecule is COC1=C(c2cc(Cl)cc(Cl)c2)C(=O)[C@]2(Cc3ccc(Br)cc3)C[C@@H](O[Si](C)(C)C(C)(C)C)CN12. The summed E-state index contributed by atoms with van der Waals surface area (Å²) < 4.78 is 13.7. The molecular formula is C27H32BrCl2NO3Si. The first-order chi connectivity index (χ1) is 16.3. The summed E-state index contributed by atoms with van der Waals surface area (Å²) in [6.07, 6.45) is 1.09. The van der Waals surface area contributed by atoms with Crippen molar-refractivity contribution in [2.45, 2.75) is 63.4 Å². The number of rotatable bonds is 6. The summed E-state index contributed by atoms with van der Waals surface area (Å²) in [5.41, 5.74) is 1.49. The zero-order valence-electron chi connectivity index (χ0n) is 21.0. The molecular weight excluding hydrogens is 565 g/mol. The summed E-state index contributed by atoms with van der Waals surface area (Å²) in [6.45, 7) is 11.8. The van der Waals surface area contributed by atoms with E-state index in [1.165, 1.54) is 0 Å². The van der Waals surface area contributed by atoms with Crippen molar-refractivity contribution >= 4 is 58.8 Å². The maximum absolute atomic E-state index is 14.4. The van der Waals surface area contributed by atoms with Gasteiger partial charge in [-0.15, -0.1) is 0 Å². The summed E-state index contributed by atoms with van der Waals surface area (Å²) in [7, 11) is -0.419. The van der Waals surface area contributed by atoms with Crippen molar-refractivity contribution in [1.82, 2.24) is 4.90 Å². The lowest BCUT2D eigenvalue weighted by atomic mass is 9.82. The van der Waals surface area contributed by atoms with Crippen LogP contribution in [-0.2, 0) is 20.4 Å². The van der Waals surface area contributed by atoms with Gasteiger partial charge in [-0.3, -0.25) is 4.79 Å². The Balaban J connectivity index is 1.79. The monoisotopic (exact) mass is 595 g/mol. The number of methoxy groups -OCH3 is 1. The van der Waals surface area contributed by atoms with Crippen LogP contribution < -0.4 is 0 Å². The molecule has 2 aliphatic heterocycles. The largest absolute Gasteiger partial charge is 0.482 e. The minimum absolute atomic E-state index is 0.0249. The summed E-state index contributed by atoms with van der Waals surface area (Å²) >= 11 is 16.1. The Labute approximate surface area is 227 Å². The summed E-state index contributed by atoms with van der Waals surface area (Å²) in [5.74, 6) is 0.587. The molecule has 0 N–H and O–H groups in total. The standard InChI is InChI=1S/C27H32BrCl2NO3Si/c1-26(2,3)35(5,6)34-22-15-27(14-17-7-9-19(28)10-8-17)24(32)23(25(33-4)31(27)16-22)18-11-20(29)13-21(30)12-18/h7-13,22H,14-16H2,1-6H3/t22-,27+/m1/s1. The lowest BCUT2D eigenvalue weighted by Crippen LogP contribution is -2.47. The van der Waals surface area contributed by atoms with Gasteiger partial charge in [-0.1, -0.05) is 72.0 Å². The van der Waals surface area contributed by atoms with E-state index in [0.29, 0.717) is 46.5 Å². The quantitative estimate of drug-likeness (QED) is 0.320. The Morgan fingerprint density at radius 2 is 1.71 bits per heavy atom. The third-order valence-electron chi connectivity index (χ3n) is 7.60. The second-order valence-electron chi connectivity index (χ2n) is 11.0.